The lowest BCUT2D eigenvalue weighted by molar-refractivity contribution is 0.103. The molecule has 1 aromatic carbocycles. The molecule has 0 spiro atoms. The molecule has 2 rings (SSSR count). The summed E-state index contributed by atoms with van der Waals surface area (Å²) in [6.07, 6.45) is 2.09. The van der Waals surface area contributed by atoms with Crippen molar-refractivity contribution in [3.8, 4) is 0 Å². The Morgan fingerprint density at radius 1 is 1.25 bits per heavy atom. The average molecular weight is 482 g/mol. The summed E-state index contributed by atoms with van der Waals surface area (Å²) in [4.78, 5) is 12.8. The second-order valence-corrected chi connectivity index (χ2v) is 8.20. The number of halogens is 3. The fourth-order valence-electron chi connectivity index (χ4n) is 1.73. The van der Waals surface area contributed by atoms with E-state index in [1.54, 1.807) is 0 Å². The molecule has 1 N–H and O–H groups in total. The molecule has 0 aliphatic carbocycles. The van der Waals surface area contributed by atoms with Crippen molar-refractivity contribution in [2.45, 2.75) is 12.8 Å². The minimum atomic E-state index is -0.0842. The normalized spacial score (nSPS) is 10.6. The molecule has 0 saturated carbocycles. The van der Waals surface area contributed by atoms with Gasteiger partial charge < -0.3 is 5.32 Å². The zero-order chi connectivity index (χ0) is 14.5. The van der Waals surface area contributed by atoms with Crippen molar-refractivity contribution in [1.29, 1.82) is 0 Å². The van der Waals surface area contributed by atoms with E-state index in [9.17, 15) is 4.79 Å². The predicted octanol–water partition coefficient (Wildman–Crippen LogP) is 5.85. The molecule has 2 aromatic rings. The summed E-state index contributed by atoms with van der Waals surface area (Å²) in [5.41, 5.74) is 2.07. The van der Waals surface area contributed by atoms with Gasteiger partial charge in [0.05, 0.1) is 8.66 Å². The number of carbonyl (C=O) groups excluding carboxylic acids is 1. The van der Waals surface area contributed by atoms with E-state index in [1.807, 2.05) is 24.3 Å². The number of alkyl halides is 1. The number of carbonyl (C=O) groups is 1. The van der Waals surface area contributed by atoms with Gasteiger partial charge >= 0.3 is 0 Å². The van der Waals surface area contributed by atoms with Crippen LogP contribution < -0.4 is 5.32 Å². The van der Waals surface area contributed by atoms with Crippen LogP contribution in [-0.4, -0.2) is 11.2 Å². The molecule has 0 radical (unpaired) electrons. The van der Waals surface area contributed by atoms with Gasteiger partial charge in [0.2, 0.25) is 0 Å². The summed E-state index contributed by atoms with van der Waals surface area (Å²) >= 11 is 11.6. The zero-order valence-corrected chi connectivity index (χ0v) is 16.0. The molecular formula is C14H12Br3NOS. The van der Waals surface area contributed by atoms with Crippen LogP contribution in [0.3, 0.4) is 0 Å². The number of aryl methyl sites for hydroxylation is 1. The molecule has 0 aliphatic rings. The summed E-state index contributed by atoms with van der Waals surface area (Å²) in [5, 5.41) is 3.92. The van der Waals surface area contributed by atoms with Crippen LogP contribution >= 0.6 is 59.1 Å². The third-order valence-corrected chi connectivity index (χ3v) is 6.47. The molecule has 2 nitrogen and oxygen atoms in total. The molecule has 0 aliphatic heterocycles. The van der Waals surface area contributed by atoms with Crippen LogP contribution in [-0.2, 0) is 6.42 Å². The predicted molar refractivity (Wildman–Crippen MR) is 96.2 cm³/mol. The van der Waals surface area contributed by atoms with Crippen LogP contribution in [0.15, 0.2) is 38.6 Å². The number of hydrogen-bond donors (Lipinski definition) is 1. The zero-order valence-electron chi connectivity index (χ0n) is 10.5. The van der Waals surface area contributed by atoms with Crippen molar-refractivity contribution < 1.29 is 4.79 Å². The van der Waals surface area contributed by atoms with Gasteiger partial charge in [-0.1, -0.05) is 28.1 Å². The van der Waals surface area contributed by atoms with Gasteiger partial charge in [-0.15, -0.1) is 11.3 Å². The molecule has 0 saturated heterocycles. The van der Waals surface area contributed by atoms with E-state index in [4.69, 9.17) is 0 Å². The topological polar surface area (TPSA) is 29.1 Å². The molecule has 1 amide bonds. The maximum Gasteiger partial charge on any atom is 0.265 e. The Morgan fingerprint density at radius 3 is 2.70 bits per heavy atom. The third kappa shape index (κ3) is 4.41. The molecule has 106 valence electrons. The Morgan fingerprint density at radius 2 is 2.05 bits per heavy atom. The summed E-state index contributed by atoms with van der Waals surface area (Å²) in [6, 6.07) is 9.81. The SMILES string of the molecule is O=C(Nc1cccc(CCCBr)c1)c1cc(Br)c(Br)s1. The second kappa shape index (κ2) is 7.73. The van der Waals surface area contributed by atoms with Crippen LogP contribution in [0.5, 0.6) is 0 Å². The first kappa shape index (κ1) is 16.2. The van der Waals surface area contributed by atoms with Gasteiger partial charge in [-0.25, -0.2) is 0 Å². The van der Waals surface area contributed by atoms with Gasteiger partial charge in [-0.05, 0) is 68.5 Å². The largest absolute Gasteiger partial charge is 0.321 e. The van der Waals surface area contributed by atoms with E-state index in [0.717, 1.165) is 32.1 Å². The molecule has 0 atom stereocenters. The first-order valence-electron chi connectivity index (χ1n) is 6.01. The van der Waals surface area contributed by atoms with Gasteiger partial charge in [-0.3, -0.25) is 4.79 Å². The van der Waals surface area contributed by atoms with Crippen LogP contribution in [0.4, 0.5) is 5.69 Å². The smallest absolute Gasteiger partial charge is 0.265 e. The van der Waals surface area contributed by atoms with Crippen molar-refractivity contribution in [3.05, 3.63) is 49.0 Å². The van der Waals surface area contributed by atoms with Crippen LogP contribution in [0, 0.1) is 0 Å². The molecule has 0 unspecified atom stereocenters. The Bertz CT molecular complexity index is 593. The number of nitrogens with one attached hydrogen (secondary N) is 1. The molecule has 0 fully saturated rings. The lowest BCUT2D eigenvalue weighted by atomic mass is 10.1. The van der Waals surface area contributed by atoms with Gasteiger partial charge in [0.1, 0.15) is 0 Å². The van der Waals surface area contributed by atoms with Gasteiger partial charge in [0.15, 0.2) is 0 Å². The number of rotatable bonds is 5. The van der Waals surface area contributed by atoms with Crippen LogP contribution in [0.1, 0.15) is 21.7 Å². The van der Waals surface area contributed by atoms with Crippen molar-refractivity contribution in [1.82, 2.24) is 0 Å². The molecule has 1 aromatic heterocycles. The highest BCUT2D eigenvalue weighted by Crippen LogP contribution is 2.32. The number of amides is 1. The van der Waals surface area contributed by atoms with E-state index < -0.39 is 0 Å². The summed E-state index contributed by atoms with van der Waals surface area (Å²) < 4.78 is 1.83. The first-order valence-corrected chi connectivity index (χ1v) is 9.53. The Hall–Kier alpha value is -0.170. The highest BCUT2D eigenvalue weighted by Gasteiger charge is 2.12. The highest BCUT2D eigenvalue weighted by atomic mass is 79.9. The number of thiophene rings is 1. The standard InChI is InChI=1S/C14H12Br3NOS/c15-6-2-4-9-3-1-5-10(7-9)18-14(19)12-8-11(16)13(17)20-12/h1,3,5,7-8H,2,4,6H2,(H,18,19). The number of hydrogen-bond acceptors (Lipinski definition) is 2. The fourth-order valence-corrected chi connectivity index (χ4v) is 3.94. The molecule has 6 heteroatoms. The van der Waals surface area contributed by atoms with E-state index in [0.29, 0.717) is 4.88 Å². The summed E-state index contributed by atoms with van der Waals surface area (Å²) in [6.45, 7) is 0. The fraction of sp³-hybridized carbons (Fsp3) is 0.214. The number of anilines is 1. The van der Waals surface area contributed by atoms with E-state index in [2.05, 4.69) is 59.2 Å². The van der Waals surface area contributed by atoms with Gasteiger partial charge in [-0.2, -0.15) is 0 Å². The first-order chi connectivity index (χ1) is 9.60. The molecule has 0 bridgehead atoms. The van der Waals surface area contributed by atoms with E-state index >= 15 is 0 Å². The average Bonchev–Trinajstić information content (AvgIpc) is 2.77. The maximum absolute atomic E-state index is 12.2. The van der Waals surface area contributed by atoms with Crippen molar-refractivity contribution in [2.24, 2.45) is 0 Å². The summed E-state index contributed by atoms with van der Waals surface area (Å²) in [7, 11) is 0. The highest BCUT2D eigenvalue weighted by molar-refractivity contribution is 9.13. The van der Waals surface area contributed by atoms with E-state index in [-0.39, 0.29) is 5.91 Å². The van der Waals surface area contributed by atoms with Crippen LogP contribution in [0.25, 0.3) is 0 Å². The quantitative estimate of drug-likeness (QED) is 0.533. The second-order valence-electron chi connectivity index (χ2n) is 4.18. The van der Waals surface area contributed by atoms with Crippen LogP contribution in [0.2, 0.25) is 0 Å². The molecule has 1 heterocycles. The monoisotopic (exact) mass is 479 g/mol. The van der Waals surface area contributed by atoms with Gasteiger partial charge in [0, 0.05) is 15.5 Å². The van der Waals surface area contributed by atoms with Crippen molar-refractivity contribution in [2.75, 3.05) is 10.6 Å². The molecular weight excluding hydrogens is 470 g/mol. The Balaban J connectivity index is 2.07. The van der Waals surface area contributed by atoms with Gasteiger partial charge in [0.25, 0.3) is 5.91 Å². The Labute approximate surface area is 147 Å². The maximum atomic E-state index is 12.2. The third-order valence-electron chi connectivity index (χ3n) is 2.65. The lowest BCUT2D eigenvalue weighted by Crippen LogP contribution is -2.10. The number of benzene rings is 1. The Kier molecular flexibility index (Phi) is 6.26. The van der Waals surface area contributed by atoms with Crippen molar-refractivity contribution in [3.63, 3.8) is 0 Å². The minimum Gasteiger partial charge on any atom is -0.321 e. The van der Waals surface area contributed by atoms with Crippen molar-refractivity contribution >= 4 is 70.7 Å². The summed E-state index contributed by atoms with van der Waals surface area (Å²) in [5.74, 6) is -0.0842. The lowest BCUT2D eigenvalue weighted by Gasteiger charge is -2.06. The molecule has 20 heavy (non-hydrogen) atoms. The minimum absolute atomic E-state index is 0.0842. The van der Waals surface area contributed by atoms with E-state index in [1.165, 1.54) is 16.9 Å².